The minimum absolute atomic E-state index is 0.239. The van der Waals surface area contributed by atoms with Gasteiger partial charge in [0.2, 0.25) is 5.91 Å². The van der Waals surface area contributed by atoms with Crippen LogP contribution in [0.4, 0.5) is 8.78 Å². The first kappa shape index (κ1) is 10.6. The van der Waals surface area contributed by atoms with E-state index in [1.165, 1.54) is 13.1 Å². The zero-order valence-electron chi connectivity index (χ0n) is 7.55. The van der Waals surface area contributed by atoms with E-state index in [0.717, 1.165) is 12.1 Å². The topological polar surface area (TPSA) is 55.1 Å². The summed E-state index contributed by atoms with van der Waals surface area (Å²) in [5.41, 5.74) is 5.71. The number of likely N-dealkylation sites (N-methyl/N-ethyl adjacent to an activating group) is 1. The second-order valence-electron chi connectivity index (χ2n) is 2.77. The molecule has 1 atom stereocenters. The van der Waals surface area contributed by atoms with Crippen molar-refractivity contribution >= 4 is 5.91 Å². The molecule has 0 radical (unpaired) electrons. The number of halogens is 2. The maximum absolute atomic E-state index is 12.7. The lowest BCUT2D eigenvalue weighted by Gasteiger charge is -2.10. The molecule has 3 nitrogen and oxygen atoms in total. The zero-order valence-corrected chi connectivity index (χ0v) is 7.55. The smallest absolute Gasteiger partial charge is 0.241 e. The van der Waals surface area contributed by atoms with Gasteiger partial charge >= 0.3 is 0 Å². The molecule has 1 amide bonds. The van der Waals surface area contributed by atoms with E-state index in [9.17, 15) is 13.6 Å². The molecule has 76 valence electrons. The van der Waals surface area contributed by atoms with Gasteiger partial charge in [0.1, 0.15) is 6.04 Å². The molecular formula is C9H10F2N2O. The molecule has 1 rings (SSSR count). The van der Waals surface area contributed by atoms with Gasteiger partial charge in [-0.15, -0.1) is 0 Å². The molecule has 1 aromatic rings. The summed E-state index contributed by atoms with van der Waals surface area (Å²) < 4.78 is 25.3. The quantitative estimate of drug-likeness (QED) is 0.738. The molecule has 1 aromatic carbocycles. The van der Waals surface area contributed by atoms with Crippen molar-refractivity contribution in [1.82, 2.24) is 5.32 Å². The average Bonchev–Trinajstić information content (AvgIpc) is 2.20. The molecule has 0 saturated heterocycles. The number of hydrogen-bond donors (Lipinski definition) is 2. The van der Waals surface area contributed by atoms with E-state index in [0.29, 0.717) is 0 Å². The monoisotopic (exact) mass is 200 g/mol. The second-order valence-corrected chi connectivity index (χ2v) is 2.77. The van der Waals surface area contributed by atoms with Crippen LogP contribution in [0.1, 0.15) is 11.6 Å². The Kier molecular flexibility index (Phi) is 3.14. The molecule has 3 N–H and O–H groups in total. The molecule has 0 heterocycles. The second kappa shape index (κ2) is 4.15. The Bertz CT molecular complexity index is 355. The summed E-state index contributed by atoms with van der Waals surface area (Å²) in [5, 5.41) is 2.32. The van der Waals surface area contributed by atoms with Crippen LogP contribution in [0.15, 0.2) is 18.2 Å². The van der Waals surface area contributed by atoms with Crippen LogP contribution in [0.3, 0.4) is 0 Å². The lowest BCUT2D eigenvalue weighted by atomic mass is 10.1. The third-order valence-electron chi connectivity index (χ3n) is 1.83. The minimum atomic E-state index is -1.01. The number of benzene rings is 1. The number of carbonyl (C=O) groups is 1. The Morgan fingerprint density at radius 3 is 2.57 bits per heavy atom. The molecule has 14 heavy (non-hydrogen) atoms. The van der Waals surface area contributed by atoms with Gasteiger partial charge in [0.05, 0.1) is 0 Å². The van der Waals surface area contributed by atoms with Crippen LogP contribution in [0.25, 0.3) is 0 Å². The van der Waals surface area contributed by atoms with Gasteiger partial charge in [0.15, 0.2) is 11.6 Å². The average molecular weight is 200 g/mol. The highest BCUT2D eigenvalue weighted by Gasteiger charge is 2.15. The Hall–Kier alpha value is -1.49. The van der Waals surface area contributed by atoms with Gasteiger partial charge in [-0.2, -0.15) is 0 Å². The largest absolute Gasteiger partial charge is 0.358 e. The Balaban J connectivity index is 2.96. The maximum atomic E-state index is 12.7. The first-order valence-electron chi connectivity index (χ1n) is 3.98. The predicted molar refractivity (Wildman–Crippen MR) is 47.4 cm³/mol. The maximum Gasteiger partial charge on any atom is 0.241 e. The fourth-order valence-electron chi connectivity index (χ4n) is 1.01. The van der Waals surface area contributed by atoms with Gasteiger partial charge < -0.3 is 11.1 Å². The van der Waals surface area contributed by atoms with Gasteiger partial charge in [0.25, 0.3) is 0 Å². The standard InChI is InChI=1S/C9H10F2N2O/c1-13-9(14)8(12)5-2-3-6(10)7(11)4-5/h2-4,8H,12H2,1H3,(H,13,14). The Morgan fingerprint density at radius 1 is 1.43 bits per heavy atom. The van der Waals surface area contributed by atoms with Crippen molar-refractivity contribution in [3.63, 3.8) is 0 Å². The van der Waals surface area contributed by atoms with Crippen molar-refractivity contribution in [2.75, 3.05) is 7.05 Å². The van der Waals surface area contributed by atoms with Gasteiger partial charge in [-0.25, -0.2) is 8.78 Å². The Labute approximate surface area is 79.9 Å². The number of carbonyl (C=O) groups excluding carboxylic acids is 1. The van der Waals surface area contributed by atoms with Gasteiger partial charge in [-0.1, -0.05) is 6.07 Å². The van der Waals surface area contributed by atoms with Gasteiger partial charge in [-0.05, 0) is 17.7 Å². The summed E-state index contributed by atoms with van der Waals surface area (Å²) in [4.78, 5) is 11.1. The first-order chi connectivity index (χ1) is 6.56. The summed E-state index contributed by atoms with van der Waals surface area (Å²) in [6.07, 6.45) is 0. The van der Waals surface area contributed by atoms with E-state index in [1.54, 1.807) is 0 Å². The minimum Gasteiger partial charge on any atom is -0.358 e. The van der Waals surface area contributed by atoms with Crippen LogP contribution in [0.5, 0.6) is 0 Å². The van der Waals surface area contributed by atoms with Crippen LogP contribution >= 0.6 is 0 Å². The Morgan fingerprint density at radius 2 is 2.07 bits per heavy atom. The van der Waals surface area contributed by atoms with E-state index in [2.05, 4.69) is 5.32 Å². The van der Waals surface area contributed by atoms with Crippen LogP contribution < -0.4 is 11.1 Å². The summed E-state index contributed by atoms with van der Waals surface area (Å²) in [7, 11) is 1.42. The highest BCUT2D eigenvalue weighted by Crippen LogP contribution is 2.14. The molecule has 0 aliphatic heterocycles. The van der Waals surface area contributed by atoms with Crippen molar-refractivity contribution in [2.24, 2.45) is 5.73 Å². The lowest BCUT2D eigenvalue weighted by molar-refractivity contribution is -0.121. The van der Waals surface area contributed by atoms with E-state index >= 15 is 0 Å². The van der Waals surface area contributed by atoms with E-state index in [1.807, 2.05) is 0 Å². The zero-order chi connectivity index (χ0) is 10.7. The van der Waals surface area contributed by atoms with Crippen LogP contribution in [-0.4, -0.2) is 13.0 Å². The molecule has 0 saturated carbocycles. The van der Waals surface area contributed by atoms with Crippen LogP contribution in [0, 0.1) is 11.6 Å². The van der Waals surface area contributed by atoms with E-state index < -0.39 is 23.6 Å². The summed E-state index contributed by atoms with van der Waals surface area (Å²) in [6, 6.07) is 2.15. The molecule has 0 spiro atoms. The highest BCUT2D eigenvalue weighted by molar-refractivity contribution is 5.82. The summed E-state index contributed by atoms with van der Waals surface area (Å²) >= 11 is 0. The number of amides is 1. The van der Waals surface area contributed by atoms with E-state index in [-0.39, 0.29) is 5.56 Å². The third kappa shape index (κ3) is 2.05. The molecule has 5 heteroatoms. The number of nitrogens with two attached hydrogens (primary N) is 1. The number of rotatable bonds is 2. The van der Waals surface area contributed by atoms with Crippen molar-refractivity contribution in [3.8, 4) is 0 Å². The molecule has 0 aliphatic carbocycles. The van der Waals surface area contributed by atoms with Crippen molar-refractivity contribution in [1.29, 1.82) is 0 Å². The van der Waals surface area contributed by atoms with E-state index in [4.69, 9.17) is 5.73 Å². The molecule has 0 fully saturated rings. The van der Waals surface area contributed by atoms with Crippen molar-refractivity contribution < 1.29 is 13.6 Å². The molecular weight excluding hydrogens is 190 g/mol. The first-order valence-corrected chi connectivity index (χ1v) is 3.98. The normalized spacial score (nSPS) is 12.3. The number of hydrogen-bond acceptors (Lipinski definition) is 2. The fraction of sp³-hybridized carbons (Fsp3) is 0.222. The summed E-state index contributed by atoms with van der Waals surface area (Å²) in [5.74, 6) is -2.42. The van der Waals surface area contributed by atoms with Gasteiger partial charge in [-0.3, -0.25) is 4.79 Å². The SMILES string of the molecule is CNC(=O)C(N)c1ccc(F)c(F)c1. The molecule has 0 bridgehead atoms. The fourth-order valence-corrected chi connectivity index (χ4v) is 1.01. The lowest BCUT2D eigenvalue weighted by Crippen LogP contribution is -2.31. The van der Waals surface area contributed by atoms with Crippen LogP contribution in [-0.2, 0) is 4.79 Å². The summed E-state index contributed by atoms with van der Waals surface area (Å²) in [6.45, 7) is 0. The predicted octanol–water partition coefficient (Wildman–Crippen LogP) is 0.711. The molecule has 0 aromatic heterocycles. The number of nitrogens with one attached hydrogen (secondary N) is 1. The molecule has 0 aliphatic rings. The third-order valence-corrected chi connectivity index (χ3v) is 1.83. The molecule has 1 unspecified atom stereocenters. The van der Waals surface area contributed by atoms with Crippen molar-refractivity contribution in [2.45, 2.75) is 6.04 Å². The highest BCUT2D eigenvalue weighted by atomic mass is 19.2. The van der Waals surface area contributed by atoms with Crippen LogP contribution in [0.2, 0.25) is 0 Å². The van der Waals surface area contributed by atoms with Gasteiger partial charge in [0, 0.05) is 7.05 Å². The van der Waals surface area contributed by atoms with Crippen molar-refractivity contribution in [3.05, 3.63) is 35.4 Å².